The summed E-state index contributed by atoms with van der Waals surface area (Å²) in [7, 11) is 1.55. The molecule has 0 fully saturated rings. The Morgan fingerprint density at radius 2 is 2.07 bits per heavy atom. The molecule has 29 heavy (non-hydrogen) atoms. The molecule has 0 unspecified atom stereocenters. The maximum atomic E-state index is 13.3. The zero-order valence-corrected chi connectivity index (χ0v) is 15.7. The van der Waals surface area contributed by atoms with Crippen LogP contribution in [0.5, 0.6) is 11.5 Å². The number of halogens is 1. The number of benzene rings is 2. The van der Waals surface area contributed by atoms with Crippen LogP contribution in [0.1, 0.15) is 23.6 Å². The number of carbonyl (C=O) groups is 1. The van der Waals surface area contributed by atoms with Gasteiger partial charge in [0.2, 0.25) is 5.91 Å². The maximum Gasteiger partial charge on any atom is 0.226 e. The number of ether oxygens (including phenoxy) is 2. The number of methoxy groups -OCH3 is 1. The number of hydrogen-bond acceptors (Lipinski definition) is 4. The lowest BCUT2D eigenvalue weighted by Crippen LogP contribution is -2.25. The number of terminal acetylenes is 1. The van der Waals surface area contributed by atoms with Crippen molar-refractivity contribution in [2.24, 2.45) is 0 Å². The van der Waals surface area contributed by atoms with Gasteiger partial charge in [-0.05, 0) is 42.0 Å². The SMILES string of the molecule is C#CCOc1ccc([C@@H]2CC(=O)Nc3c2ncn3-c2ccc(F)cc2)cc1OC. The summed E-state index contributed by atoms with van der Waals surface area (Å²) in [5.74, 6) is 3.35. The zero-order chi connectivity index (χ0) is 20.4. The molecule has 6 nitrogen and oxygen atoms in total. The summed E-state index contributed by atoms with van der Waals surface area (Å²) < 4.78 is 25.9. The molecule has 1 aliphatic heterocycles. The van der Waals surface area contributed by atoms with E-state index in [1.807, 2.05) is 12.1 Å². The first kappa shape index (κ1) is 18.6. The number of amides is 1. The van der Waals surface area contributed by atoms with Gasteiger partial charge in [0.1, 0.15) is 24.6 Å². The Labute approximate surface area is 167 Å². The molecule has 146 valence electrons. The van der Waals surface area contributed by atoms with Crippen LogP contribution in [0, 0.1) is 18.2 Å². The van der Waals surface area contributed by atoms with Gasteiger partial charge in [0, 0.05) is 18.0 Å². The first-order valence-corrected chi connectivity index (χ1v) is 8.98. The van der Waals surface area contributed by atoms with Gasteiger partial charge >= 0.3 is 0 Å². The van der Waals surface area contributed by atoms with Crippen molar-refractivity contribution in [1.82, 2.24) is 9.55 Å². The molecule has 0 spiro atoms. The van der Waals surface area contributed by atoms with Gasteiger partial charge in [-0.2, -0.15) is 0 Å². The molecule has 3 aromatic rings. The summed E-state index contributed by atoms with van der Waals surface area (Å²) in [6.45, 7) is 0.133. The Morgan fingerprint density at radius 1 is 1.28 bits per heavy atom. The summed E-state index contributed by atoms with van der Waals surface area (Å²) in [5.41, 5.74) is 2.31. The van der Waals surface area contributed by atoms with Crippen LogP contribution >= 0.6 is 0 Å². The molecular formula is C22H18FN3O3. The average Bonchev–Trinajstić information content (AvgIpc) is 3.15. The number of imidazole rings is 1. The van der Waals surface area contributed by atoms with Crippen molar-refractivity contribution in [2.75, 3.05) is 19.0 Å². The van der Waals surface area contributed by atoms with Crippen LogP contribution in [0.2, 0.25) is 0 Å². The predicted molar refractivity (Wildman–Crippen MR) is 106 cm³/mol. The molecule has 0 saturated heterocycles. The van der Waals surface area contributed by atoms with Crippen LogP contribution in [0.25, 0.3) is 5.69 Å². The van der Waals surface area contributed by atoms with Gasteiger partial charge in [-0.1, -0.05) is 12.0 Å². The quantitative estimate of drug-likeness (QED) is 0.676. The van der Waals surface area contributed by atoms with E-state index in [0.29, 0.717) is 23.0 Å². The van der Waals surface area contributed by atoms with Crippen LogP contribution in [0.15, 0.2) is 48.8 Å². The van der Waals surface area contributed by atoms with E-state index >= 15 is 0 Å². The highest BCUT2D eigenvalue weighted by Crippen LogP contribution is 2.40. The lowest BCUT2D eigenvalue weighted by atomic mass is 9.89. The molecule has 0 aliphatic carbocycles. The van der Waals surface area contributed by atoms with Gasteiger partial charge in [-0.3, -0.25) is 9.36 Å². The second-order valence-electron chi connectivity index (χ2n) is 6.53. The van der Waals surface area contributed by atoms with Gasteiger partial charge in [-0.15, -0.1) is 6.42 Å². The van der Waals surface area contributed by atoms with Crippen molar-refractivity contribution in [3.8, 4) is 29.5 Å². The molecular weight excluding hydrogens is 373 g/mol. The maximum absolute atomic E-state index is 13.3. The van der Waals surface area contributed by atoms with Gasteiger partial charge < -0.3 is 14.8 Å². The molecule has 0 saturated carbocycles. The summed E-state index contributed by atoms with van der Waals surface area (Å²) in [5, 5.41) is 2.88. The predicted octanol–water partition coefficient (Wildman–Crippen LogP) is 3.51. The Kier molecular flexibility index (Phi) is 4.92. The van der Waals surface area contributed by atoms with E-state index in [4.69, 9.17) is 15.9 Å². The van der Waals surface area contributed by atoms with E-state index < -0.39 is 0 Å². The minimum absolute atomic E-state index is 0.127. The number of anilines is 1. The second kappa shape index (κ2) is 7.68. The smallest absolute Gasteiger partial charge is 0.226 e. The van der Waals surface area contributed by atoms with E-state index in [2.05, 4.69) is 16.2 Å². The van der Waals surface area contributed by atoms with Gasteiger partial charge in [0.25, 0.3) is 0 Å². The van der Waals surface area contributed by atoms with Crippen LogP contribution in [0.3, 0.4) is 0 Å². The number of rotatable bonds is 5. The summed E-state index contributed by atoms with van der Waals surface area (Å²) in [6.07, 6.45) is 7.12. The first-order chi connectivity index (χ1) is 14.1. The van der Waals surface area contributed by atoms with Gasteiger partial charge in [0.05, 0.1) is 12.8 Å². The third-order valence-electron chi connectivity index (χ3n) is 4.78. The van der Waals surface area contributed by atoms with Crippen molar-refractivity contribution >= 4 is 11.7 Å². The molecule has 2 aromatic carbocycles. The van der Waals surface area contributed by atoms with Crippen LogP contribution < -0.4 is 14.8 Å². The standard InChI is InChI=1S/C22H18FN3O3/c1-3-10-29-18-9-4-14(11-19(18)28-2)17-12-20(27)25-22-21(17)24-13-26(22)16-7-5-15(23)6-8-16/h1,4-9,11,13,17H,10,12H2,2H3,(H,25,27)/t17-/m0/s1. The van der Waals surface area contributed by atoms with Crippen LogP contribution in [-0.2, 0) is 4.79 Å². The van der Waals surface area contributed by atoms with Gasteiger partial charge in [0.15, 0.2) is 11.5 Å². The third kappa shape index (κ3) is 3.52. The fourth-order valence-electron chi connectivity index (χ4n) is 3.42. The van der Waals surface area contributed by atoms with Crippen LogP contribution in [-0.4, -0.2) is 29.2 Å². The Bertz CT molecular complexity index is 1100. The number of hydrogen-bond donors (Lipinski definition) is 1. The van der Waals surface area contributed by atoms with E-state index in [0.717, 1.165) is 11.3 Å². The fraction of sp³-hybridized carbons (Fsp3) is 0.182. The topological polar surface area (TPSA) is 65.4 Å². The number of aromatic nitrogens is 2. The number of nitrogens with zero attached hydrogens (tertiary/aromatic N) is 2. The van der Waals surface area contributed by atoms with Crippen molar-refractivity contribution in [3.05, 3.63) is 65.9 Å². The molecule has 2 heterocycles. The Balaban J connectivity index is 1.73. The number of fused-ring (bicyclic) bond motifs is 1. The highest BCUT2D eigenvalue weighted by molar-refractivity contribution is 5.94. The summed E-state index contributed by atoms with van der Waals surface area (Å²) in [6, 6.07) is 11.5. The normalized spacial score (nSPS) is 15.2. The molecule has 7 heteroatoms. The fourth-order valence-corrected chi connectivity index (χ4v) is 3.42. The molecule has 1 aromatic heterocycles. The molecule has 1 atom stereocenters. The average molecular weight is 391 g/mol. The van der Waals surface area contributed by atoms with Crippen molar-refractivity contribution in [2.45, 2.75) is 12.3 Å². The minimum Gasteiger partial charge on any atom is -0.493 e. The molecule has 0 bridgehead atoms. The largest absolute Gasteiger partial charge is 0.493 e. The van der Waals surface area contributed by atoms with Crippen LogP contribution in [0.4, 0.5) is 10.2 Å². The third-order valence-corrected chi connectivity index (χ3v) is 4.78. The monoisotopic (exact) mass is 391 g/mol. The summed E-state index contributed by atoms with van der Waals surface area (Å²) >= 11 is 0. The summed E-state index contributed by atoms with van der Waals surface area (Å²) in [4.78, 5) is 16.9. The van der Waals surface area contributed by atoms with E-state index in [-0.39, 0.29) is 30.7 Å². The first-order valence-electron chi connectivity index (χ1n) is 8.98. The van der Waals surface area contributed by atoms with E-state index in [9.17, 15) is 9.18 Å². The molecule has 0 radical (unpaired) electrons. The van der Waals surface area contributed by atoms with Gasteiger partial charge in [-0.25, -0.2) is 9.37 Å². The Morgan fingerprint density at radius 3 is 2.79 bits per heavy atom. The second-order valence-corrected chi connectivity index (χ2v) is 6.53. The lowest BCUT2D eigenvalue weighted by Gasteiger charge is -2.24. The zero-order valence-electron chi connectivity index (χ0n) is 15.7. The highest BCUT2D eigenvalue weighted by atomic mass is 19.1. The molecule has 1 aliphatic rings. The molecule has 4 rings (SSSR count). The van der Waals surface area contributed by atoms with Crippen molar-refractivity contribution in [3.63, 3.8) is 0 Å². The number of nitrogens with one attached hydrogen (secondary N) is 1. The Hall–Kier alpha value is -3.79. The number of carbonyl (C=O) groups excluding carboxylic acids is 1. The lowest BCUT2D eigenvalue weighted by molar-refractivity contribution is -0.116. The van der Waals surface area contributed by atoms with E-state index in [1.165, 1.54) is 12.1 Å². The molecule has 1 N–H and O–H groups in total. The van der Waals surface area contributed by atoms with Crippen molar-refractivity contribution < 1.29 is 18.7 Å². The van der Waals surface area contributed by atoms with Crippen molar-refractivity contribution in [1.29, 1.82) is 0 Å². The van der Waals surface area contributed by atoms with E-state index in [1.54, 1.807) is 36.2 Å². The molecule has 1 amide bonds. The highest BCUT2D eigenvalue weighted by Gasteiger charge is 2.31. The minimum atomic E-state index is -0.330.